The van der Waals surface area contributed by atoms with Gasteiger partial charge < -0.3 is 15.5 Å². The maximum Gasteiger partial charge on any atom is 0.134 e. The van der Waals surface area contributed by atoms with E-state index in [0.29, 0.717) is 0 Å². The number of likely N-dealkylation sites (N-methyl/N-ethyl adjacent to an activating group) is 1. The molecular formula is C13H25N5. The van der Waals surface area contributed by atoms with Crippen molar-refractivity contribution in [1.82, 2.24) is 14.9 Å². The van der Waals surface area contributed by atoms with E-state index in [0.717, 1.165) is 49.2 Å². The monoisotopic (exact) mass is 251 g/mol. The average molecular weight is 251 g/mol. The molecule has 1 rings (SSSR count). The average Bonchev–Trinajstić information content (AvgIpc) is 2.38. The summed E-state index contributed by atoms with van der Waals surface area (Å²) in [4.78, 5) is 11.2. The minimum atomic E-state index is 0.787. The van der Waals surface area contributed by atoms with Crippen LogP contribution in [0.1, 0.15) is 25.2 Å². The van der Waals surface area contributed by atoms with Crippen LogP contribution in [-0.2, 0) is 0 Å². The van der Waals surface area contributed by atoms with E-state index in [1.165, 1.54) is 0 Å². The Bertz CT molecular complexity index is 374. The highest BCUT2D eigenvalue weighted by Crippen LogP contribution is 2.18. The van der Waals surface area contributed by atoms with Gasteiger partial charge in [0.2, 0.25) is 0 Å². The van der Waals surface area contributed by atoms with Gasteiger partial charge in [-0.1, -0.05) is 13.8 Å². The number of aryl methyl sites for hydroxylation is 1. The zero-order valence-electron chi connectivity index (χ0n) is 12.2. The van der Waals surface area contributed by atoms with Crippen molar-refractivity contribution in [2.45, 2.75) is 27.7 Å². The molecule has 0 fully saturated rings. The number of hydrogen-bond donors (Lipinski definition) is 2. The summed E-state index contributed by atoms with van der Waals surface area (Å²) in [5.74, 6) is 2.61. The summed E-state index contributed by atoms with van der Waals surface area (Å²) < 4.78 is 0. The Morgan fingerprint density at radius 3 is 2.22 bits per heavy atom. The largest absolute Gasteiger partial charge is 0.373 e. The molecule has 0 bridgehead atoms. The van der Waals surface area contributed by atoms with Gasteiger partial charge >= 0.3 is 0 Å². The van der Waals surface area contributed by atoms with Crippen LogP contribution in [0.3, 0.4) is 0 Å². The Hall–Kier alpha value is -1.36. The first-order chi connectivity index (χ1) is 8.62. The smallest absolute Gasteiger partial charge is 0.134 e. The van der Waals surface area contributed by atoms with E-state index in [1.54, 1.807) is 0 Å². The molecule has 0 unspecified atom stereocenters. The zero-order valence-corrected chi connectivity index (χ0v) is 12.2. The van der Waals surface area contributed by atoms with Crippen LogP contribution in [0, 0.1) is 13.8 Å². The summed E-state index contributed by atoms with van der Waals surface area (Å²) in [6, 6.07) is 0. The lowest BCUT2D eigenvalue weighted by Crippen LogP contribution is -2.29. The third-order valence-corrected chi connectivity index (χ3v) is 3.11. The molecule has 102 valence electrons. The SMILES string of the molecule is CCN(CC)CCNc1nc(C)nc(NC)c1C. The van der Waals surface area contributed by atoms with E-state index in [1.807, 2.05) is 20.9 Å². The predicted octanol–water partition coefficient (Wildman–Crippen LogP) is 1.89. The molecule has 18 heavy (non-hydrogen) atoms. The fourth-order valence-electron chi connectivity index (χ4n) is 1.92. The van der Waals surface area contributed by atoms with Crippen LogP contribution in [0.5, 0.6) is 0 Å². The summed E-state index contributed by atoms with van der Waals surface area (Å²) in [6.45, 7) is 12.4. The van der Waals surface area contributed by atoms with Crippen LogP contribution in [0.4, 0.5) is 11.6 Å². The summed E-state index contributed by atoms with van der Waals surface area (Å²) in [5.41, 5.74) is 1.07. The predicted molar refractivity (Wildman–Crippen MR) is 77.3 cm³/mol. The number of hydrogen-bond acceptors (Lipinski definition) is 5. The molecule has 0 amide bonds. The molecule has 0 saturated carbocycles. The van der Waals surface area contributed by atoms with Gasteiger partial charge in [-0.05, 0) is 26.9 Å². The lowest BCUT2D eigenvalue weighted by Gasteiger charge is -2.19. The van der Waals surface area contributed by atoms with Gasteiger partial charge in [-0.15, -0.1) is 0 Å². The number of aromatic nitrogens is 2. The van der Waals surface area contributed by atoms with Crippen LogP contribution in [0.15, 0.2) is 0 Å². The van der Waals surface area contributed by atoms with Crippen LogP contribution < -0.4 is 10.6 Å². The minimum Gasteiger partial charge on any atom is -0.373 e. The standard InChI is InChI=1S/C13H25N5/c1-6-18(7-2)9-8-15-13-10(3)12(14-5)16-11(4)17-13/h6-9H2,1-5H3,(H2,14,15,16,17). The third kappa shape index (κ3) is 3.84. The van der Waals surface area contributed by atoms with Gasteiger partial charge in [0.15, 0.2) is 0 Å². The van der Waals surface area contributed by atoms with E-state index in [9.17, 15) is 0 Å². The second-order valence-electron chi connectivity index (χ2n) is 4.30. The summed E-state index contributed by atoms with van der Waals surface area (Å²) in [6.07, 6.45) is 0. The topological polar surface area (TPSA) is 53.1 Å². The number of anilines is 2. The van der Waals surface area contributed by atoms with E-state index in [4.69, 9.17) is 0 Å². The first kappa shape index (κ1) is 14.7. The molecule has 0 saturated heterocycles. The first-order valence-electron chi connectivity index (χ1n) is 6.61. The molecule has 0 radical (unpaired) electrons. The maximum atomic E-state index is 4.45. The van der Waals surface area contributed by atoms with Crippen LogP contribution >= 0.6 is 0 Å². The van der Waals surface area contributed by atoms with Crippen molar-refractivity contribution in [1.29, 1.82) is 0 Å². The Morgan fingerprint density at radius 1 is 1.06 bits per heavy atom. The van der Waals surface area contributed by atoms with Crippen molar-refractivity contribution in [2.24, 2.45) is 0 Å². The van der Waals surface area contributed by atoms with Gasteiger partial charge in [0, 0.05) is 25.7 Å². The molecule has 0 aromatic carbocycles. The lowest BCUT2D eigenvalue weighted by molar-refractivity contribution is 0.316. The number of nitrogens with zero attached hydrogens (tertiary/aromatic N) is 3. The van der Waals surface area contributed by atoms with Crippen LogP contribution in [-0.4, -0.2) is 48.1 Å². The summed E-state index contributed by atoms with van der Waals surface area (Å²) in [5, 5.41) is 6.49. The van der Waals surface area contributed by atoms with Gasteiger partial charge in [-0.2, -0.15) is 0 Å². The molecule has 1 aromatic rings. The van der Waals surface area contributed by atoms with Crippen molar-refractivity contribution >= 4 is 11.6 Å². The maximum absolute atomic E-state index is 4.45. The zero-order chi connectivity index (χ0) is 13.5. The summed E-state index contributed by atoms with van der Waals surface area (Å²) >= 11 is 0. The van der Waals surface area contributed by atoms with Gasteiger partial charge in [0.25, 0.3) is 0 Å². The van der Waals surface area contributed by atoms with Crippen LogP contribution in [0.2, 0.25) is 0 Å². The molecule has 0 spiro atoms. The molecule has 0 aliphatic rings. The van der Waals surface area contributed by atoms with E-state index in [2.05, 4.69) is 39.3 Å². The second kappa shape index (κ2) is 7.16. The lowest BCUT2D eigenvalue weighted by atomic mass is 10.3. The Morgan fingerprint density at radius 2 is 1.67 bits per heavy atom. The first-order valence-corrected chi connectivity index (χ1v) is 6.61. The van der Waals surface area contributed by atoms with E-state index >= 15 is 0 Å². The van der Waals surface area contributed by atoms with Crippen molar-refractivity contribution < 1.29 is 0 Å². The van der Waals surface area contributed by atoms with E-state index < -0.39 is 0 Å². The molecule has 2 N–H and O–H groups in total. The highest BCUT2D eigenvalue weighted by Gasteiger charge is 2.07. The molecule has 0 atom stereocenters. The molecular weight excluding hydrogens is 226 g/mol. The summed E-state index contributed by atoms with van der Waals surface area (Å²) in [7, 11) is 1.88. The number of nitrogens with one attached hydrogen (secondary N) is 2. The normalized spacial score (nSPS) is 10.8. The molecule has 0 aliphatic carbocycles. The van der Waals surface area contributed by atoms with Gasteiger partial charge in [-0.3, -0.25) is 0 Å². The van der Waals surface area contributed by atoms with Crippen molar-refractivity contribution in [3.63, 3.8) is 0 Å². The van der Waals surface area contributed by atoms with Gasteiger partial charge in [-0.25, -0.2) is 9.97 Å². The molecule has 5 heteroatoms. The fraction of sp³-hybridized carbons (Fsp3) is 0.692. The van der Waals surface area contributed by atoms with Crippen molar-refractivity contribution in [3.05, 3.63) is 11.4 Å². The Labute approximate surface area is 110 Å². The minimum absolute atomic E-state index is 0.787. The highest BCUT2D eigenvalue weighted by molar-refractivity contribution is 5.56. The molecule has 5 nitrogen and oxygen atoms in total. The molecule has 1 aromatic heterocycles. The third-order valence-electron chi connectivity index (χ3n) is 3.11. The second-order valence-corrected chi connectivity index (χ2v) is 4.30. The van der Waals surface area contributed by atoms with Gasteiger partial charge in [0.05, 0.1) is 0 Å². The number of rotatable bonds is 7. The van der Waals surface area contributed by atoms with Crippen LogP contribution in [0.25, 0.3) is 0 Å². The Balaban J connectivity index is 2.64. The van der Waals surface area contributed by atoms with E-state index in [-0.39, 0.29) is 0 Å². The fourth-order valence-corrected chi connectivity index (χ4v) is 1.92. The molecule has 1 heterocycles. The van der Waals surface area contributed by atoms with Crippen molar-refractivity contribution in [2.75, 3.05) is 43.9 Å². The quantitative estimate of drug-likeness (QED) is 0.775. The Kier molecular flexibility index (Phi) is 5.85. The molecule has 0 aliphatic heterocycles. The highest BCUT2D eigenvalue weighted by atomic mass is 15.1. The van der Waals surface area contributed by atoms with Crippen molar-refractivity contribution in [3.8, 4) is 0 Å². The van der Waals surface area contributed by atoms with Gasteiger partial charge in [0.1, 0.15) is 17.5 Å².